The van der Waals surface area contributed by atoms with Crippen LogP contribution in [0.4, 0.5) is 26.3 Å². The molecule has 0 atom stereocenters. The number of carboxylic acids is 1. The van der Waals surface area contributed by atoms with E-state index in [1.165, 1.54) is 31.2 Å². The molecule has 0 saturated carbocycles. The van der Waals surface area contributed by atoms with Crippen LogP contribution in [0, 0.1) is 17.5 Å². The molecule has 0 aliphatic carbocycles. The number of phenols is 1. The SMILES string of the molecule is CC/C(=C(\c1ccc(O)cc1)c1c(F)cc(/C=C/C(=O)O)cc1F)c1ccc(F)cc1C(F)(F)F. The molecule has 0 unspecified atom stereocenters. The van der Waals surface area contributed by atoms with Crippen LogP contribution in [-0.2, 0) is 11.0 Å². The Balaban J connectivity index is 2.42. The number of alkyl halides is 3. The summed E-state index contributed by atoms with van der Waals surface area (Å²) in [6, 6.07) is 8.71. The Labute approximate surface area is 196 Å². The van der Waals surface area contributed by atoms with E-state index in [0.29, 0.717) is 12.1 Å². The van der Waals surface area contributed by atoms with Gasteiger partial charge < -0.3 is 10.2 Å². The van der Waals surface area contributed by atoms with E-state index >= 15 is 8.78 Å². The minimum Gasteiger partial charge on any atom is -0.508 e. The first-order valence-electron chi connectivity index (χ1n) is 10.2. The van der Waals surface area contributed by atoms with Crippen molar-refractivity contribution in [2.75, 3.05) is 0 Å². The predicted octanol–water partition coefficient (Wildman–Crippen LogP) is 7.30. The number of phenolic OH excluding ortho intramolecular Hbond substituents is 1. The topological polar surface area (TPSA) is 57.5 Å². The summed E-state index contributed by atoms with van der Waals surface area (Å²) in [5.74, 6) is -4.96. The van der Waals surface area contributed by atoms with E-state index in [9.17, 15) is 27.5 Å². The quantitative estimate of drug-likeness (QED) is 0.216. The van der Waals surface area contributed by atoms with Crippen molar-refractivity contribution in [1.29, 1.82) is 0 Å². The van der Waals surface area contributed by atoms with E-state index in [2.05, 4.69) is 0 Å². The Morgan fingerprint density at radius 1 is 0.943 bits per heavy atom. The predicted molar refractivity (Wildman–Crippen MR) is 119 cm³/mol. The average Bonchev–Trinajstić information content (AvgIpc) is 2.77. The van der Waals surface area contributed by atoms with E-state index in [-0.39, 0.29) is 34.4 Å². The molecule has 0 heterocycles. The first kappa shape index (κ1) is 25.6. The highest BCUT2D eigenvalue weighted by Gasteiger charge is 2.35. The number of aromatic hydroxyl groups is 1. The van der Waals surface area contributed by atoms with Crippen molar-refractivity contribution in [1.82, 2.24) is 0 Å². The van der Waals surface area contributed by atoms with Gasteiger partial charge in [-0.3, -0.25) is 0 Å². The summed E-state index contributed by atoms with van der Waals surface area (Å²) in [6.07, 6.45) is -3.44. The summed E-state index contributed by atoms with van der Waals surface area (Å²) in [5, 5.41) is 18.4. The van der Waals surface area contributed by atoms with Gasteiger partial charge in [-0.25, -0.2) is 18.0 Å². The van der Waals surface area contributed by atoms with Crippen LogP contribution in [0.15, 0.2) is 60.7 Å². The normalized spacial score (nSPS) is 12.7. The number of carbonyl (C=O) groups is 1. The number of aliphatic carboxylic acids is 1. The van der Waals surface area contributed by atoms with Gasteiger partial charge in [0.15, 0.2) is 0 Å². The number of allylic oxidation sites excluding steroid dienone is 1. The Morgan fingerprint density at radius 3 is 2.06 bits per heavy atom. The summed E-state index contributed by atoms with van der Waals surface area (Å²) >= 11 is 0. The molecule has 3 aromatic rings. The van der Waals surface area contributed by atoms with Crippen molar-refractivity contribution in [2.45, 2.75) is 19.5 Å². The van der Waals surface area contributed by atoms with Gasteiger partial charge in [0.05, 0.1) is 11.1 Å². The molecule has 35 heavy (non-hydrogen) atoms. The Kier molecular flexibility index (Phi) is 7.38. The molecule has 0 bridgehead atoms. The monoisotopic (exact) mass is 492 g/mol. The van der Waals surface area contributed by atoms with E-state index in [1.54, 1.807) is 0 Å². The largest absolute Gasteiger partial charge is 0.508 e. The molecule has 0 amide bonds. The third kappa shape index (κ3) is 5.74. The summed E-state index contributed by atoms with van der Waals surface area (Å²) in [6.45, 7) is 1.49. The lowest BCUT2D eigenvalue weighted by atomic mass is 9.85. The second kappa shape index (κ2) is 10.1. The molecule has 9 heteroatoms. The minimum absolute atomic E-state index is 0.101. The van der Waals surface area contributed by atoms with Gasteiger partial charge in [0, 0.05) is 6.08 Å². The van der Waals surface area contributed by atoms with Gasteiger partial charge in [-0.2, -0.15) is 13.2 Å². The number of hydrogen-bond acceptors (Lipinski definition) is 2. The van der Waals surface area contributed by atoms with Crippen LogP contribution < -0.4 is 0 Å². The maximum absolute atomic E-state index is 15.3. The van der Waals surface area contributed by atoms with Crippen molar-refractivity contribution in [3.8, 4) is 5.75 Å². The van der Waals surface area contributed by atoms with E-state index < -0.39 is 46.3 Å². The number of hydrogen-bond donors (Lipinski definition) is 2. The molecule has 0 aliphatic rings. The van der Waals surface area contributed by atoms with Crippen LogP contribution in [-0.4, -0.2) is 16.2 Å². The van der Waals surface area contributed by atoms with E-state index in [0.717, 1.165) is 30.3 Å². The van der Waals surface area contributed by atoms with Crippen LogP contribution >= 0.6 is 0 Å². The van der Waals surface area contributed by atoms with E-state index in [1.807, 2.05) is 0 Å². The summed E-state index contributed by atoms with van der Waals surface area (Å²) in [5.41, 5.74) is -2.79. The van der Waals surface area contributed by atoms with Gasteiger partial charge in [0.25, 0.3) is 0 Å². The molecular weight excluding hydrogens is 474 g/mol. The first-order valence-corrected chi connectivity index (χ1v) is 10.2. The van der Waals surface area contributed by atoms with Gasteiger partial charge in [0.1, 0.15) is 23.2 Å². The molecule has 0 saturated heterocycles. The van der Waals surface area contributed by atoms with Crippen molar-refractivity contribution in [3.05, 3.63) is 106 Å². The zero-order valence-electron chi connectivity index (χ0n) is 18.1. The molecule has 0 fully saturated rings. The highest BCUT2D eigenvalue weighted by Crippen LogP contribution is 2.42. The van der Waals surface area contributed by atoms with Gasteiger partial charge in [-0.15, -0.1) is 0 Å². The Morgan fingerprint density at radius 2 is 1.54 bits per heavy atom. The maximum Gasteiger partial charge on any atom is 0.417 e. The molecule has 0 aliphatic heterocycles. The number of rotatable bonds is 6. The smallest absolute Gasteiger partial charge is 0.417 e. The summed E-state index contributed by atoms with van der Waals surface area (Å²) in [4.78, 5) is 10.7. The van der Waals surface area contributed by atoms with E-state index in [4.69, 9.17) is 5.11 Å². The van der Waals surface area contributed by atoms with Gasteiger partial charge >= 0.3 is 12.1 Å². The number of carboxylic acid groups (broad SMARTS) is 1. The second-order valence-corrected chi connectivity index (χ2v) is 7.47. The minimum atomic E-state index is -4.96. The third-order valence-electron chi connectivity index (χ3n) is 5.16. The summed E-state index contributed by atoms with van der Waals surface area (Å²) in [7, 11) is 0. The summed E-state index contributed by atoms with van der Waals surface area (Å²) < 4.78 is 85.6. The maximum atomic E-state index is 15.3. The Hall–Kier alpha value is -4.01. The lowest BCUT2D eigenvalue weighted by molar-refractivity contribution is -0.138. The van der Waals surface area contributed by atoms with Crippen LogP contribution in [0.25, 0.3) is 17.2 Å². The van der Waals surface area contributed by atoms with Gasteiger partial charge in [0.2, 0.25) is 0 Å². The molecule has 182 valence electrons. The molecule has 0 aromatic heterocycles. The highest BCUT2D eigenvalue weighted by molar-refractivity contribution is 5.99. The lowest BCUT2D eigenvalue weighted by Crippen LogP contribution is -2.11. The van der Waals surface area contributed by atoms with Crippen molar-refractivity contribution in [2.24, 2.45) is 0 Å². The molecule has 3 rings (SSSR count). The molecule has 2 N–H and O–H groups in total. The van der Waals surface area contributed by atoms with Gasteiger partial charge in [-0.05, 0) is 76.7 Å². The molecule has 0 radical (unpaired) electrons. The molecule has 3 aromatic carbocycles. The number of benzene rings is 3. The second-order valence-electron chi connectivity index (χ2n) is 7.47. The average molecular weight is 492 g/mol. The zero-order valence-corrected chi connectivity index (χ0v) is 18.1. The van der Waals surface area contributed by atoms with Crippen LogP contribution in [0.1, 0.15) is 41.2 Å². The Bertz CT molecular complexity index is 1300. The fourth-order valence-corrected chi connectivity index (χ4v) is 3.71. The fraction of sp³-hybridized carbons (Fsp3) is 0.115. The van der Waals surface area contributed by atoms with Crippen LogP contribution in [0.3, 0.4) is 0 Å². The standard InChI is InChI=1S/C26H18F6O3/c1-2-18(19-9-6-16(27)13-20(19)26(30,31)32)24(15-4-7-17(33)8-5-15)25-21(28)11-14(12-22(25)29)3-10-23(34)35/h3-13,33H,2H2,1H3,(H,34,35)/b10-3+,24-18-. The molecule has 0 spiro atoms. The van der Waals surface area contributed by atoms with Crippen molar-refractivity contribution < 1.29 is 41.4 Å². The van der Waals surface area contributed by atoms with Crippen molar-refractivity contribution in [3.63, 3.8) is 0 Å². The fourth-order valence-electron chi connectivity index (χ4n) is 3.71. The zero-order chi connectivity index (χ0) is 25.9. The molecular formula is C26H18F6O3. The molecule has 3 nitrogen and oxygen atoms in total. The third-order valence-corrected chi connectivity index (χ3v) is 5.16. The first-order chi connectivity index (χ1) is 16.4. The van der Waals surface area contributed by atoms with Crippen LogP contribution in [0.5, 0.6) is 5.75 Å². The lowest BCUT2D eigenvalue weighted by Gasteiger charge is -2.21. The van der Waals surface area contributed by atoms with Crippen LogP contribution in [0.2, 0.25) is 0 Å². The number of halogens is 6. The highest BCUT2D eigenvalue weighted by atomic mass is 19.4. The van der Waals surface area contributed by atoms with Gasteiger partial charge in [-0.1, -0.05) is 25.1 Å². The van der Waals surface area contributed by atoms with Crippen molar-refractivity contribution >= 4 is 23.2 Å².